The second-order valence-electron chi connectivity index (χ2n) is 5.65. The average Bonchev–Trinajstić information content (AvgIpc) is 2.36. The van der Waals surface area contributed by atoms with E-state index in [9.17, 15) is 18.1 Å². The summed E-state index contributed by atoms with van der Waals surface area (Å²) in [6.07, 6.45) is 9.04. The van der Waals surface area contributed by atoms with Crippen LogP contribution in [0.4, 0.5) is 0 Å². The van der Waals surface area contributed by atoms with E-state index in [0.717, 1.165) is 25.7 Å². The van der Waals surface area contributed by atoms with Crippen molar-refractivity contribution in [3.8, 4) is 0 Å². The van der Waals surface area contributed by atoms with Crippen molar-refractivity contribution in [3.63, 3.8) is 0 Å². The zero-order valence-electron chi connectivity index (χ0n) is 14.0. The first-order chi connectivity index (χ1) is 9.43. The van der Waals surface area contributed by atoms with Crippen LogP contribution in [0.15, 0.2) is 0 Å². The number of unbranched alkanes of at least 4 members (excludes halogenated alkanes) is 7. The Balaban J connectivity index is 0. The number of hydrogen-bond donors (Lipinski definition) is 1. The van der Waals surface area contributed by atoms with Crippen LogP contribution in [0.1, 0.15) is 84.5 Å². The van der Waals surface area contributed by atoms with Crippen molar-refractivity contribution in [1.82, 2.24) is 0 Å². The van der Waals surface area contributed by atoms with E-state index < -0.39 is 21.5 Å². The van der Waals surface area contributed by atoms with Crippen LogP contribution in [0.5, 0.6) is 0 Å². The van der Waals surface area contributed by atoms with Crippen LogP contribution in [0.3, 0.4) is 0 Å². The summed E-state index contributed by atoms with van der Waals surface area (Å²) in [6.45, 7) is 4.12. The van der Waals surface area contributed by atoms with Crippen LogP contribution in [-0.2, 0) is 10.1 Å². The van der Waals surface area contributed by atoms with Crippen LogP contribution in [0.2, 0.25) is 0 Å². The third kappa shape index (κ3) is 13.6. The summed E-state index contributed by atoms with van der Waals surface area (Å²) in [5.74, 6) is 0. The zero-order valence-corrected chi connectivity index (χ0v) is 18.0. The molecule has 0 spiro atoms. The van der Waals surface area contributed by atoms with Gasteiger partial charge in [-0.2, -0.15) is 0 Å². The molecule has 0 aromatic rings. The smallest absolute Gasteiger partial charge is 0.748 e. The van der Waals surface area contributed by atoms with Gasteiger partial charge < -0.3 is 9.66 Å². The molecule has 122 valence electrons. The molecular formula is C15H31KO4S. The first-order valence-corrected chi connectivity index (χ1v) is 9.53. The fraction of sp³-hybridized carbons (Fsp3) is 1.00. The molecule has 0 aromatic heterocycles. The van der Waals surface area contributed by atoms with Gasteiger partial charge in [0, 0.05) is 0 Å². The van der Waals surface area contributed by atoms with Crippen molar-refractivity contribution in [1.29, 1.82) is 0 Å². The first kappa shape index (κ1) is 24.8. The minimum Gasteiger partial charge on any atom is -0.748 e. The molecule has 0 aromatic carbocycles. The Morgan fingerprint density at radius 2 is 1.33 bits per heavy atom. The predicted octanol–water partition coefficient (Wildman–Crippen LogP) is 0.596. The topological polar surface area (TPSA) is 77.4 Å². The van der Waals surface area contributed by atoms with Crippen LogP contribution >= 0.6 is 0 Å². The van der Waals surface area contributed by atoms with Gasteiger partial charge in [-0.15, -0.1) is 0 Å². The van der Waals surface area contributed by atoms with Crippen molar-refractivity contribution >= 4 is 10.1 Å². The minimum atomic E-state index is -4.39. The fourth-order valence-electron chi connectivity index (χ4n) is 2.43. The van der Waals surface area contributed by atoms with E-state index in [1.165, 1.54) is 25.7 Å². The van der Waals surface area contributed by atoms with Gasteiger partial charge in [-0.3, -0.25) is 0 Å². The first-order valence-electron chi connectivity index (χ1n) is 8.06. The van der Waals surface area contributed by atoms with Gasteiger partial charge in [-0.05, 0) is 12.8 Å². The molecule has 0 rings (SSSR count). The summed E-state index contributed by atoms with van der Waals surface area (Å²) < 4.78 is 33.5. The van der Waals surface area contributed by atoms with E-state index in [-0.39, 0.29) is 57.8 Å². The molecule has 0 bridgehead atoms. The van der Waals surface area contributed by atoms with Gasteiger partial charge in [0.1, 0.15) is 10.1 Å². The van der Waals surface area contributed by atoms with Gasteiger partial charge in [0.2, 0.25) is 0 Å². The molecule has 0 amide bonds. The summed E-state index contributed by atoms with van der Waals surface area (Å²) in [4.78, 5) is 0. The van der Waals surface area contributed by atoms with Crippen molar-refractivity contribution in [2.45, 2.75) is 95.8 Å². The number of hydrogen-bond acceptors (Lipinski definition) is 4. The van der Waals surface area contributed by atoms with Crippen molar-refractivity contribution in [2.75, 3.05) is 0 Å². The zero-order chi connectivity index (χ0) is 15.4. The SMILES string of the molecule is CCCCCCCCCC(O)C(CCCC)S(=O)(=O)[O-].[K+]. The molecule has 0 saturated carbocycles. The summed E-state index contributed by atoms with van der Waals surface area (Å²) >= 11 is 0. The van der Waals surface area contributed by atoms with Crippen LogP contribution in [0.25, 0.3) is 0 Å². The summed E-state index contributed by atoms with van der Waals surface area (Å²) in [7, 11) is -4.39. The maximum absolute atomic E-state index is 11.2. The Hall–Kier alpha value is 1.51. The third-order valence-corrected chi connectivity index (χ3v) is 5.04. The van der Waals surface area contributed by atoms with Gasteiger partial charge >= 0.3 is 51.4 Å². The third-order valence-electron chi connectivity index (χ3n) is 3.75. The molecule has 2 unspecified atom stereocenters. The maximum atomic E-state index is 11.2. The molecule has 6 heteroatoms. The quantitative estimate of drug-likeness (QED) is 0.301. The molecule has 0 radical (unpaired) electrons. The Morgan fingerprint density at radius 1 is 0.857 bits per heavy atom. The van der Waals surface area contributed by atoms with Gasteiger partial charge in [-0.25, -0.2) is 8.42 Å². The molecular weight excluding hydrogens is 315 g/mol. The van der Waals surface area contributed by atoms with E-state index in [0.29, 0.717) is 12.8 Å². The monoisotopic (exact) mass is 346 g/mol. The van der Waals surface area contributed by atoms with Crippen LogP contribution < -0.4 is 51.4 Å². The number of aliphatic hydroxyl groups is 1. The Labute approximate surface area is 173 Å². The molecule has 2 atom stereocenters. The summed E-state index contributed by atoms with van der Waals surface area (Å²) in [5.41, 5.74) is 0. The minimum absolute atomic E-state index is 0. The van der Waals surface area contributed by atoms with E-state index in [1.54, 1.807) is 0 Å². The van der Waals surface area contributed by atoms with Gasteiger partial charge in [0.25, 0.3) is 0 Å². The van der Waals surface area contributed by atoms with Crippen LogP contribution in [-0.4, -0.2) is 29.4 Å². The molecule has 21 heavy (non-hydrogen) atoms. The van der Waals surface area contributed by atoms with Crippen molar-refractivity contribution in [2.24, 2.45) is 0 Å². The molecule has 4 nitrogen and oxygen atoms in total. The normalized spacial score (nSPS) is 14.5. The van der Waals surface area contributed by atoms with Crippen molar-refractivity contribution < 1.29 is 69.5 Å². The second kappa shape index (κ2) is 15.1. The van der Waals surface area contributed by atoms with E-state index in [4.69, 9.17) is 0 Å². The second-order valence-corrected chi connectivity index (χ2v) is 7.24. The van der Waals surface area contributed by atoms with Gasteiger partial charge in [0.05, 0.1) is 11.4 Å². The Morgan fingerprint density at radius 3 is 1.81 bits per heavy atom. The standard InChI is InChI=1S/C15H32O4S.K/c1-3-5-7-8-9-10-11-12-14(16)15(13-6-4-2)20(17,18)19;/h14-16H,3-13H2,1-2H3,(H,17,18,19);/q;+1/p-1. The maximum Gasteiger partial charge on any atom is 1.00 e. The van der Waals surface area contributed by atoms with Crippen LogP contribution in [0, 0.1) is 0 Å². The van der Waals surface area contributed by atoms with Gasteiger partial charge in [0.15, 0.2) is 0 Å². The largest absolute Gasteiger partial charge is 1.00 e. The molecule has 0 aliphatic carbocycles. The van der Waals surface area contributed by atoms with E-state index in [2.05, 4.69) is 6.92 Å². The number of aliphatic hydroxyl groups excluding tert-OH is 1. The van der Waals surface area contributed by atoms with E-state index >= 15 is 0 Å². The fourth-order valence-corrected chi connectivity index (χ4v) is 3.41. The molecule has 0 heterocycles. The Bertz CT molecular complexity index is 320. The molecule has 0 aliphatic heterocycles. The van der Waals surface area contributed by atoms with E-state index in [1.807, 2.05) is 6.92 Å². The molecule has 0 saturated heterocycles. The summed E-state index contributed by atoms with van der Waals surface area (Å²) in [5, 5.41) is 8.81. The average molecular weight is 347 g/mol. The molecule has 0 aliphatic rings. The van der Waals surface area contributed by atoms with Crippen molar-refractivity contribution in [3.05, 3.63) is 0 Å². The van der Waals surface area contributed by atoms with Gasteiger partial charge in [-0.1, -0.05) is 71.6 Å². The predicted molar refractivity (Wildman–Crippen MR) is 81.6 cm³/mol. The summed E-state index contributed by atoms with van der Waals surface area (Å²) in [6, 6.07) is 0. The Kier molecular flexibility index (Phi) is 17.8. The molecule has 1 N–H and O–H groups in total. The molecule has 0 fully saturated rings. The number of rotatable bonds is 13.